The molecule has 1 N–H and O–H groups in total. The van der Waals surface area contributed by atoms with E-state index in [0.29, 0.717) is 13.1 Å². The second kappa shape index (κ2) is 7.17. The molecule has 9 heteroatoms. The quantitative estimate of drug-likeness (QED) is 0.546. The lowest BCUT2D eigenvalue weighted by molar-refractivity contribution is -0.120. The van der Waals surface area contributed by atoms with Crippen LogP contribution < -0.4 is 10.2 Å². The molecule has 1 aromatic carbocycles. The summed E-state index contributed by atoms with van der Waals surface area (Å²) in [5.74, 6) is 1.47. The van der Waals surface area contributed by atoms with E-state index in [0.717, 1.165) is 43.9 Å². The third-order valence-corrected chi connectivity index (χ3v) is 6.16. The van der Waals surface area contributed by atoms with Crippen LogP contribution >= 0.6 is 11.3 Å². The van der Waals surface area contributed by atoms with E-state index in [2.05, 4.69) is 30.3 Å². The highest BCUT2D eigenvalue weighted by atomic mass is 32.1. The number of rotatable bonds is 4. The highest BCUT2D eigenvalue weighted by molar-refractivity contribution is 7.18. The summed E-state index contributed by atoms with van der Waals surface area (Å²) < 4.78 is 2.93. The average molecular weight is 420 g/mol. The molecular weight excluding hydrogens is 398 g/mol. The molecule has 4 aromatic rings. The van der Waals surface area contributed by atoms with Gasteiger partial charge in [-0.2, -0.15) is 5.10 Å². The van der Waals surface area contributed by atoms with Gasteiger partial charge in [-0.25, -0.2) is 19.6 Å². The van der Waals surface area contributed by atoms with Gasteiger partial charge in [-0.05, 0) is 45.0 Å². The van der Waals surface area contributed by atoms with Gasteiger partial charge in [-0.3, -0.25) is 4.79 Å². The van der Waals surface area contributed by atoms with Crippen molar-refractivity contribution >= 4 is 39.0 Å². The van der Waals surface area contributed by atoms with Crippen molar-refractivity contribution in [2.24, 2.45) is 5.92 Å². The summed E-state index contributed by atoms with van der Waals surface area (Å²) in [6.07, 6.45) is 1.54. The van der Waals surface area contributed by atoms with Gasteiger partial charge in [0.2, 0.25) is 5.91 Å². The molecule has 8 nitrogen and oxygen atoms in total. The van der Waals surface area contributed by atoms with Crippen LogP contribution in [0.2, 0.25) is 0 Å². The first-order valence-corrected chi connectivity index (χ1v) is 10.6. The molecule has 1 fully saturated rings. The predicted molar refractivity (Wildman–Crippen MR) is 117 cm³/mol. The highest BCUT2D eigenvalue weighted by Gasteiger charge is 2.33. The van der Waals surface area contributed by atoms with E-state index in [1.54, 1.807) is 22.3 Å². The Bertz CT molecular complexity index is 1260. The Hall–Kier alpha value is -3.33. The van der Waals surface area contributed by atoms with E-state index >= 15 is 0 Å². The van der Waals surface area contributed by atoms with Crippen LogP contribution in [0.15, 0.2) is 36.7 Å². The zero-order chi connectivity index (χ0) is 20.8. The monoisotopic (exact) mass is 419 g/mol. The van der Waals surface area contributed by atoms with E-state index in [1.807, 2.05) is 51.1 Å². The van der Waals surface area contributed by atoms with Crippen molar-refractivity contribution in [1.29, 1.82) is 0 Å². The van der Waals surface area contributed by atoms with Crippen molar-refractivity contribution in [3.8, 4) is 5.82 Å². The first kappa shape index (κ1) is 18.7. The van der Waals surface area contributed by atoms with Gasteiger partial charge in [0.1, 0.15) is 12.1 Å². The molecule has 0 unspecified atom stereocenters. The van der Waals surface area contributed by atoms with Crippen molar-refractivity contribution in [3.05, 3.63) is 53.1 Å². The lowest BCUT2D eigenvalue weighted by atomic mass is 9.99. The van der Waals surface area contributed by atoms with Gasteiger partial charge in [0.05, 0.1) is 26.8 Å². The minimum Gasteiger partial charge on any atom is -0.355 e. The molecule has 1 aliphatic rings. The van der Waals surface area contributed by atoms with Crippen molar-refractivity contribution < 1.29 is 4.79 Å². The van der Waals surface area contributed by atoms with Crippen molar-refractivity contribution in [2.45, 2.75) is 20.8 Å². The standard InChI is InChI=1S/C21H21N7OS/c1-12-6-13(2)28(26-12)20-8-19(22-11-23-20)27-9-15(10-27)21(29)25-16-4-5-18-17(7-16)24-14(3)30-18/h4-8,11,15H,9-10H2,1-3H3,(H,25,29). The van der Waals surface area contributed by atoms with E-state index in [9.17, 15) is 4.79 Å². The number of aryl methyl sites for hydroxylation is 3. The normalized spacial score (nSPS) is 14.2. The number of nitrogens with zero attached hydrogens (tertiary/aromatic N) is 6. The van der Waals surface area contributed by atoms with Crippen molar-refractivity contribution in [3.63, 3.8) is 0 Å². The summed E-state index contributed by atoms with van der Waals surface area (Å²) in [5.41, 5.74) is 3.66. The largest absolute Gasteiger partial charge is 0.355 e. The number of nitrogens with one attached hydrogen (secondary N) is 1. The SMILES string of the molecule is Cc1cc(C)n(-c2cc(N3CC(C(=O)Nc4ccc5sc(C)nc5c4)C3)ncn2)n1. The summed E-state index contributed by atoms with van der Waals surface area (Å²) in [4.78, 5) is 27.9. The van der Waals surface area contributed by atoms with E-state index in [4.69, 9.17) is 0 Å². The molecule has 1 amide bonds. The minimum absolute atomic E-state index is 0.0189. The van der Waals surface area contributed by atoms with E-state index in [-0.39, 0.29) is 11.8 Å². The second-order valence-electron chi connectivity index (χ2n) is 7.58. The minimum atomic E-state index is -0.0787. The van der Waals surface area contributed by atoms with Crippen molar-refractivity contribution in [2.75, 3.05) is 23.3 Å². The molecule has 1 aliphatic heterocycles. The predicted octanol–water partition coefficient (Wildman–Crippen LogP) is 3.27. The summed E-state index contributed by atoms with van der Waals surface area (Å²) >= 11 is 1.65. The van der Waals surface area contributed by atoms with Gasteiger partial charge in [-0.1, -0.05) is 0 Å². The van der Waals surface area contributed by atoms with Crippen LogP contribution in [0.1, 0.15) is 16.4 Å². The summed E-state index contributed by atoms with van der Waals surface area (Å²) in [5, 5.41) is 8.52. The number of aromatic nitrogens is 5. The van der Waals surface area contributed by atoms with Crippen LogP contribution in [0.3, 0.4) is 0 Å². The van der Waals surface area contributed by atoms with Crippen LogP contribution in [-0.4, -0.2) is 43.7 Å². The summed E-state index contributed by atoms with van der Waals surface area (Å²) in [6.45, 7) is 7.18. The summed E-state index contributed by atoms with van der Waals surface area (Å²) in [7, 11) is 0. The van der Waals surface area contributed by atoms with Gasteiger partial charge in [0.15, 0.2) is 5.82 Å². The molecule has 30 heavy (non-hydrogen) atoms. The number of benzene rings is 1. The number of carbonyl (C=O) groups excluding carboxylic acids is 1. The zero-order valence-corrected chi connectivity index (χ0v) is 17.8. The van der Waals surface area contributed by atoms with Gasteiger partial charge < -0.3 is 10.2 Å². The first-order valence-electron chi connectivity index (χ1n) is 9.75. The maximum Gasteiger partial charge on any atom is 0.231 e. The molecule has 4 heterocycles. The van der Waals surface area contributed by atoms with Crippen LogP contribution in [-0.2, 0) is 4.79 Å². The fraction of sp³-hybridized carbons (Fsp3) is 0.286. The number of amides is 1. The number of thiazole rings is 1. The molecule has 5 rings (SSSR count). The Labute approximate surface area is 177 Å². The molecule has 0 radical (unpaired) electrons. The number of carbonyl (C=O) groups is 1. The molecular formula is C21H21N7OS. The van der Waals surface area contributed by atoms with Crippen LogP contribution in [0, 0.1) is 26.7 Å². The fourth-order valence-electron chi connectivity index (χ4n) is 3.68. The third kappa shape index (κ3) is 3.41. The smallest absolute Gasteiger partial charge is 0.231 e. The van der Waals surface area contributed by atoms with Crippen LogP contribution in [0.5, 0.6) is 0 Å². The molecule has 0 saturated carbocycles. The third-order valence-electron chi connectivity index (χ3n) is 5.20. The molecule has 0 atom stereocenters. The number of hydrogen-bond donors (Lipinski definition) is 1. The molecule has 1 saturated heterocycles. The summed E-state index contributed by atoms with van der Waals surface area (Å²) in [6, 6.07) is 9.78. The lowest BCUT2D eigenvalue weighted by Crippen LogP contribution is -2.52. The molecule has 0 bridgehead atoms. The van der Waals surface area contributed by atoms with Gasteiger partial charge in [-0.15, -0.1) is 11.3 Å². The fourth-order valence-corrected chi connectivity index (χ4v) is 4.49. The van der Waals surface area contributed by atoms with E-state index < -0.39 is 0 Å². The Morgan fingerprint density at radius 3 is 2.67 bits per heavy atom. The molecule has 0 spiro atoms. The van der Waals surface area contributed by atoms with Crippen molar-refractivity contribution in [1.82, 2.24) is 24.7 Å². The lowest BCUT2D eigenvalue weighted by Gasteiger charge is -2.39. The number of hydrogen-bond acceptors (Lipinski definition) is 7. The number of anilines is 2. The topological polar surface area (TPSA) is 88.8 Å². The zero-order valence-electron chi connectivity index (χ0n) is 17.0. The first-order chi connectivity index (χ1) is 14.5. The molecule has 3 aromatic heterocycles. The number of fused-ring (bicyclic) bond motifs is 1. The second-order valence-corrected chi connectivity index (χ2v) is 8.81. The maximum absolute atomic E-state index is 12.6. The van der Waals surface area contributed by atoms with Gasteiger partial charge in [0, 0.05) is 30.5 Å². The van der Waals surface area contributed by atoms with Gasteiger partial charge >= 0.3 is 0 Å². The Kier molecular flexibility index (Phi) is 4.47. The molecule has 0 aliphatic carbocycles. The Morgan fingerprint density at radius 1 is 1.10 bits per heavy atom. The maximum atomic E-state index is 12.6. The van der Waals surface area contributed by atoms with Crippen LogP contribution in [0.25, 0.3) is 16.0 Å². The Morgan fingerprint density at radius 2 is 1.90 bits per heavy atom. The van der Waals surface area contributed by atoms with Gasteiger partial charge in [0.25, 0.3) is 0 Å². The Balaban J connectivity index is 1.25. The van der Waals surface area contributed by atoms with Crippen LogP contribution in [0.4, 0.5) is 11.5 Å². The highest BCUT2D eigenvalue weighted by Crippen LogP contribution is 2.27. The average Bonchev–Trinajstić information content (AvgIpc) is 3.20. The van der Waals surface area contributed by atoms with E-state index in [1.165, 1.54) is 0 Å². The molecule has 152 valence electrons.